The van der Waals surface area contributed by atoms with Gasteiger partial charge in [-0.25, -0.2) is 4.98 Å². The van der Waals surface area contributed by atoms with Gasteiger partial charge < -0.3 is 4.90 Å². The van der Waals surface area contributed by atoms with E-state index in [0.717, 1.165) is 28.2 Å². The molecule has 0 aliphatic carbocycles. The van der Waals surface area contributed by atoms with Gasteiger partial charge in [-0.2, -0.15) is 0 Å². The van der Waals surface area contributed by atoms with Gasteiger partial charge in [0.25, 0.3) is 11.6 Å². The number of non-ortho nitro benzene ring substituents is 1. The molecule has 0 unspecified atom stereocenters. The number of aromatic nitrogens is 1. The van der Waals surface area contributed by atoms with Crippen LogP contribution in [0.15, 0.2) is 47.4 Å². The molecule has 0 bridgehead atoms. The zero-order valence-electron chi connectivity index (χ0n) is 17.6. The Kier molecular flexibility index (Phi) is 9.24. The molecule has 0 radical (unpaired) electrons. The minimum Gasteiger partial charge on any atom is -0.302 e. The van der Waals surface area contributed by atoms with Gasteiger partial charge in [-0.05, 0) is 43.6 Å². The normalized spacial score (nSPS) is 10.8. The molecule has 3 rings (SSSR count). The maximum Gasteiger partial charge on any atom is 0.270 e. The van der Waals surface area contributed by atoms with Crippen molar-refractivity contribution in [3.05, 3.63) is 58.1 Å². The van der Waals surface area contributed by atoms with Crippen LogP contribution in [-0.2, 0) is 0 Å². The first-order valence-electron chi connectivity index (χ1n) is 9.70. The van der Waals surface area contributed by atoms with Gasteiger partial charge in [-0.1, -0.05) is 31.3 Å². The number of nitro benzene ring substituents is 1. The average Bonchev–Trinajstić information content (AvgIpc) is 3.19. The third-order valence-corrected chi connectivity index (χ3v) is 6.67. The summed E-state index contributed by atoms with van der Waals surface area (Å²) in [6.45, 7) is 7.08. The van der Waals surface area contributed by atoms with Crippen molar-refractivity contribution < 1.29 is 9.72 Å². The van der Waals surface area contributed by atoms with Crippen LogP contribution in [0.2, 0.25) is 0 Å². The van der Waals surface area contributed by atoms with Crippen LogP contribution in [-0.4, -0.2) is 53.1 Å². The number of likely N-dealkylation sites (N-methyl/N-ethyl adjacent to an activating group) is 1. The summed E-state index contributed by atoms with van der Waals surface area (Å²) in [7, 11) is 0. The molecule has 166 valence electrons. The lowest BCUT2D eigenvalue weighted by Crippen LogP contribution is -2.38. The summed E-state index contributed by atoms with van der Waals surface area (Å²) in [5, 5.41) is 11.8. The van der Waals surface area contributed by atoms with Crippen LogP contribution in [0.5, 0.6) is 0 Å². The fourth-order valence-electron chi connectivity index (χ4n) is 3.11. The molecule has 10 heteroatoms. The van der Waals surface area contributed by atoms with Crippen molar-refractivity contribution in [3.63, 3.8) is 0 Å². The van der Waals surface area contributed by atoms with Crippen molar-refractivity contribution in [2.24, 2.45) is 0 Å². The average molecular weight is 481 g/mol. The molecule has 1 amide bonds. The summed E-state index contributed by atoms with van der Waals surface area (Å²) < 4.78 is 1.01. The lowest BCUT2D eigenvalue weighted by atomic mass is 10.2. The van der Waals surface area contributed by atoms with Gasteiger partial charge in [0.1, 0.15) is 0 Å². The van der Waals surface area contributed by atoms with Crippen LogP contribution in [0.25, 0.3) is 10.2 Å². The molecular weight excluding hydrogens is 456 g/mol. The number of nitrogens with zero attached hydrogens (tertiary/aromatic N) is 4. The number of hydrogen-bond donors (Lipinski definition) is 0. The summed E-state index contributed by atoms with van der Waals surface area (Å²) in [6.07, 6.45) is 2.02. The monoisotopic (exact) mass is 480 g/mol. The van der Waals surface area contributed by atoms with Gasteiger partial charge in [0, 0.05) is 35.7 Å². The van der Waals surface area contributed by atoms with Crippen LogP contribution >= 0.6 is 35.5 Å². The molecule has 0 fully saturated rings. The van der Waals surface area contributed by atoms with E-state index in [1.54, 1.807) is 22.7 Å². The molecule has 0 saturated heterocycles. The number of thiazole rings is 1. The van der Waals surface area contributed by atoms with E-state index in [-0.39, 0.29) is 29.6 Å². The molecule has 1 aromatic heterocycles. The smallest absolute Gasteiger partial charge is 0.270 e. The molecule has 31 heavy (non-hydrogen) atoms. The standard InChI is InChI=1S/C21H24N4O3S2.ClH/c1-4-23(5-2)11-12-24(20(26)15-7-6-8-16(13-15)25(27)28)21-22-18-10-9-17(29-3)14-19(18)30-21;/h6-10,13-14H,4-5,11-12H2,1-3H3;1H. The molecule has 0 aliphatic rings. The Morgan fingerprint density at radius 1 is 1.16 bits per heavy atom. The van der Waals surface area contributed by atoms with Gasteiger partial charge in [-0.3, -0.25) is 19.8 Å². The number of amides is 1. The maximum atomic E-state index is 13.4. The van der Waals surface area contributed by atoms with Crippen molar-refractivity contribution in [1.29, 1.82) is 0 Å². The van der Waals surface area contributed by atoms with Crippen LogP contribution in [0.3, 0.4) is 0 Å². The number of thioether (sulfide) groups is 1. The fraction of sp³-hybridized carbons (Fsp3) is 0.333. The number of carbonyl (C=O) groups excluding carboxylic acids is 1. The van der Waals surface area contributed by atoms with Gasteiger partial charge >= 0.3 is 0 Å². The highest BCUT2D eigenvalue weighted by Gasteiger charge is 2.23. The van der Waals surface area contributed by atoms with Gasteiger partial charge in [-0.15, -0.1) is 24.2 Å². The summed E-state index contributed by atoms with van der Waals surface area (Å²) in [6, 6.07) is 11.9. The zero-order chi connectivity index (χ0) is 21.7. The fourth-order valence-corrected chi connectivity index (χ4v) is 4.65. The highest BCUT2D eigenvalue weighted by Crippen LogP contribution is 2.32. The van der Waals surface area contributed by atoms with Crippen LogP contribution in [0, 0.1) is 10.1 Å². The molecule has 0 atom stereocenters. The second-order valence-electron chi connectivity index (χ2n) is 6.62. The number of nitro groups is 1. The Labute approximate surface area is 196 Å². The minimum absolute atomic E-state index is 0. The van der Waals surface area contributed by atoms with Crippen molar-refractivity contribution in [3.8, 4) is 0 Å². The van der Waals surface area contributed by atoms with Crippen LogP contribution in [0.4, 0.5) is 10.8 Å². The molecule has 0 saturated carbocycles. The Bertz CT molecular complexity index is 1060. The number of rotatable bonds is 9. The van der Waals surface area contributed by atoms with E-state index in [9.17, 15) is 14.9 Å². The summed E-state index contributed by atoms with van der Waals surface area (Å²) in [4.78, 5) is 33.7. The number of carbonyl (C=O) groups is 1. The SMILES string of the molecule is CCN(CC)CCN(C(=O)c1cccc([N+](=O)[O-])c1)c1nc2ccc(SC)cc2s1.Cl. The maximum absolute atomic E-state index is 13.4. The molecule has 0 aliphatic heterocycles. The number of anilines is 1. The lowest BCUT2D eigenvalue weighted by molar-refractivity contribution is -0.384. The minimum atomic E-state index is -0.487. The van der Waals surface area contributed by atoms with Gasteiger partial charge in [0.2, 0.25) is 0 Å². The third kappa shape index (κ3) is 5.94. The second kappa shape index (κ2) is 11.4. The summed E-state index contributed by atoms with van der Waals surface area (Å²) in [5.41, 5.74) is 1.03. The Hall–Kier alpha value is -2.20. The van der Waals surface area contributed by atoms with E-state index in [1.165, 1.54) is 29.5 Å². The molecule has 3 aromatic rings. The largest absolute Gasteiger partial charge is 0.302 e. The molecule has 1 heterocycles. The quantitative estimate of drug-likeness (QED) is 0.234. The van der Waals surface area contributed by atoms with Crippen LogP contribution < -0.4 is 4.90 Å². The first kappa shape index (κ1) is 25.1. The summed E-state index contributed by atoms with van der Waals surface area (Å²) in [5.74, 6) is -0.282. The topological polar surface area (TPSA) is 79.6 Å². The number of fused-ring (bicyclic) bond motifs is 1. The van der Waals surface area contributed by atoms with E-state index in [2.05, 4.69) is 29.8 Å². The predicted octanol–water partition coefficient (Wildman–Crippen LogP) is 5.34. The molecule has 7 nitrogen and oxygen atoms in total. The van der Waals surface area contributed by atoms with Gasteiger partial charge in [0.05, 0.1) is 15.1 Å². The van der Waals surface area contributed by atoms with E-state index >= 15 is 0 Å². The van der Waals surface area contributed by atoms with Crippen molar-refractivity contribution in [2.75, 3.05) is 37.3 Å². The highest BCUT2D eigenvalue weighted by molar-refractivity contribution is 7.98. The predicted molar refractivity (Wildman–Crippen MR) is 131 cm³/mol. The molecular formula is C21H25ClN4O3S2. The van der Waals surface area contributed by atoms with Crippen molar-refractivity contribution >= 4 is 62.4 Å². The second-order valence-corrected chi connectivity index (χ2v) is 8.51. The number of halogens is 1. The molecule has 0 N–H and O–H groups in total. The Balaban J connectivity index is 0.00000341. The Morgan fingerprint density at radius 3 is 2.55 bits per heavy atom. The van der Waals surface area contributed by atoms with E-state index in [1.807, 2.05) is 18.4 Å². The Morgan fingerprint density at radius 2 is 1.90 bits per heavy atom. The lowest BCUT2D eigenvalue weighted by Gasteiger charge is -2.24. The van der Waals surface area contributed by atoms with Crippen molar-refractivity contribution in [2.45, 2.75) is 18.7 Å². The number of hydrogen-bond acceptors (Lipinski definition) is 7. The van der Waals surface area contributed by atoms with E-state index in [0.29, 0.717) is 18.2 Å². The number of benzene rings is 2. The molecule has 0 spiro atoms. The first-order valence-corrected chi connectivity index (χ1v) is 11.7. The van der Waals surface area contributed by atoms with Crippen molar-refractivity contribution in [1.82, 2.24) is 9.88 Å². The van der Waals surface area contributed by atoms with Crippen LogP contribution in [0.1, 0.15) is 24.2 Å². The van der Waals surface area contributed by atoms with E-state index < -0.39 is 4.92 Å². The zero-order valence-corrected chi connectivity index (χ0v) is 20.1. The first-order chi connectivity index (χ1) is 14.5. The molecule has 2 aromatic carbocycles. The van der Waals surface area contributed by atoms with E-state index in [4.69, 9.17) is 0 Å². The third-order valence-electron chi connectivity index (χ3n) is 4.90. The highest BCUT2D eigenvalue weighted by atomic mass is 35.5. The van der Waals surface area contributed by atoms with Gasteiger partial charge in [0.15, 0.2) is 5.13 Å². The summed E-state index contributed by atoms with van der Waals surface area (Å²) >= 11 is 3.12.